The number of hydrogen-bond acceptors (Lipinski definition) is 5. The van der Waals surface area contributed by atoms with Gasteiger partial charge in [-0.15, -0.1) is 0 Å². The summed E-state index contributed by atoms with van der Waals surface area (Å²) in [6.07, 6.45) is 3.26. The fourth-order valence-corrected chi connectivity index (χ4v) is 4.23. The van der Waals surface area contributed by atoms with E-state index in [1.165, 1.54) is 0 Å². The summed E-state index contributed by atoms with van der Waals surface area (Å²) in [5.74, 6) is 1.10. The quantitative estimate of drug-likeness (QED) is 0.502. The van der Waals surface area contributed by atoms with Gasteiger partial charge in [-0.1, -0.05) is 60.7 Å². The lowest BCUT2D eigenvalue weighted by molar-refractivity contribution is -0.228. The smallest absolute Gasteiger partial charge is 0.177 e. The van der Waals surface area contributed by atoms with Crippen molar-refractivity contribution in [2.75, 3.05) is 6.61 Å². The molecule has 1 saturated heterocycles. The topological polar surface area (TPSA) is 71.1 Å². The zero-order valence-electron chi connectivity index (χ0n) is 17.1. The van der Waals surface area contributed by atoms with E-state index in [-0.39, 0.29) is 17.9 Å². The van der Waals surface area contributed by atoms with Crippen molar-refractivity contribution in [2.45, 2.75) is 31.3 Å². The van der Waals surface area contributed by atoms with Gasteiger partial charge in [0.2, 0.25) is 0 Å². The largest absolute Gasteiger partial charge is 0.341 e. The van der Waals surface area contributed by atoms with Gasteiger partial charge in [-0.2, -0.15) is 5.06 Å². The highest BCUT2D eigenvalue weighted by atomic mass is 16.7. The molecule has 6 nitrogen and oxygen atoms in total. The van der Waals surface area contributed by atoms with Crippen molar-refractivity contribution < 1.29 is 9.63 Å². The molecule has 0 bridgehead atoms. The van der Waals surface area contributed by atoms with Crippen LogP contribution in [0.1, 0.15) is 41.9 Å². The molecule has 2 unspecified atom stereocenters. The van der Waals surface area contributed by atoms with Crippen molar-refractivity contribution in [3.8, 4) is 0 Å². The van der Waals surface area contributed by atoms with Crippen LogP contribution in [0.25, 0.3) is 11.2 Å². The lowest BCUT2D eigenvalue weighted by Gasteiger charge is -2.40. The van der Waals surface area contributed by atoms with Crippen LogP contribution in [0.15, 0.2) is 79.0 Å². The van der Waals surface area contributed by atoms with Gasteiger partial charge in [0.1, 0.15) is 11.6 Å². The van der Waals surface area contributed by atoms with E-state index in [4.69, 9.17) is 4.84 Å². The summed E-state index contributed by atoms with van der Waals surface area (Å²) in [7, 11) is 0. The number of hydrogen-bond donors (Lipinski definition) is 1. The number of ketones is 1. The second-order valence-electron chi connectivity index (χ2n) is 7.80. The number of rotatable bonds is 6. The number of piperidine rings is 1. The molecule has 0 radical (unpaired) electrons. The molecule has 0 aliphatic carbocycles. The molecule has 4 aromatic rings. The van der Waals surface area contributed by atoms with Crippen molar-refractivity contribution in [3.05, 3.63) is 95.9 Å². The lowest BCUT2D eigenvalue weighted by Crippen LogP contribution is -2.40. The molecule has 0 amide bonds. The Hall–Kier alpha value is -3.35. The summed E-state index contributed by atoms with van der Waals surface area (Å²) >= 11 is 0. The number of nitrogens with zero attached hydrogens (tertiary/aromatic N) is 3. The first-order chi connectivity index (χ1) is 15.3. The molecular formula is C25H24N4O2. The number of carbonyl (C=O) groups excluding carboxylic acids is 1. The first-order valence-electron chi connectivity index (χ1n) is 10.6. The van der Waals surface area contributed by atoms with E-state index in [0.29, 0.717) is 31.5 Å². The Kier molecular flexibility index (Phi) is 5.56. The van der Waals surface area contributed by atoms with Crippen LogP contribution in [0, 0.1) is 0 Å². The van der Waals surface area contributed by atoms with Gasteiger partial charge in [0.25, 0.3) is 0 Å². The highest BCUT2D eigenvalue weighted by Gasteiger charge is 2.37. The van der Waals surface area contributed by atoms with Gasteiger partial charge in [0, 0.05) is 25.5 Å². The second kappa shape index (κ2) is 8.79. The van der Waals surface area contributed by atoms with Crippen LogP contribution in [0.4, 0.5) is 0 Å². The molecule has 3 heterocycles. The average molecular weight is 412 g/mol. The monoisotopic (exact) mass is 412 g/mol. The standard InChI is InChI=1S/C25H24N4O2/c30-20-16-22(18-8-3-1-4-9-18)29(23(17-20)19-10-5-2-6-11-19)31-15-13-24-27-21-12-7-14-26-25(21)28-24/h1-12,14,22-23H,13,15-17H2,(H,26,27,28). The van der Waals surface area contributed by atoms with Crippen LogP contribution in [0.3, 0.4) is 0 Å². The van der Waals surface area contributed by atoms with Gasteiger partial charge in [-0.05, 0) is 23.3 Å². The van der Waals surface area contributed by atoms with Crippen molar-refractivity contribution in [1.29, 1.82) is 0 Å². The minimum atomic E-state index is -0.120. The van der Waals surface area contributed by atoms with Crippen LogP contribution >= 0.6 is 0 Å². The molecule has 1 aliphatic rings. The van der Waals surface area contributed by atoms with E-state index in [1.54, 1.807) is 6.20 Å². The second-order valence-corrected chi connectivity index (χ2v) is 7.80. The molecule has 1 fully saturated rings. The highest BCUT2D eigenvalue weighted by Crippen LogP contribution is 2.40. The fraction of sp³-hybridized carbons (Fsp3) is 0.240. The Balaban J connectivity index is 1.39. The number of imidazole rings is 1. The van der Waals surface area contributed by atoms with E-state index in [9.17, 15) is 4.79 Å². The first-order valence-corrected chi connectivity index (χ1v) is 10.6. The number of Topliss-reactive ketones (excluding diaryl/α,β-unsaturated/α-hetero) is 1. The maximum Gasteiger partial charge on any atom is 0.177 e. The molecule has 156 valence electrons. The van der Waals surface area contributed by atoms with Crippen LogP contribution in [-0.4, -0.2) is 32.4 Å². The number of carbonyl (C=O) groups is 1. The number of nitrogens with one attached hydrogen (secondary N) is 1. The third-order valence-electron chi connectivity index (χ3n) is 5.71. The normalized spacial score (nSPS) is 19.7. The Bertz CT molecular complexity index is 1080. The number of fused-ring (bicyclic) bond motifs is 1. The fourth-order valence-electron chi connectivity index (χ4n) is 4.23. The molecule has 5 rings (SSSR count). The van der Waals surface area contributed by atoms with Gasteiger partial charge in [0.05, 0.1) is 24.2 Å². The Morgan fingerprint density at radius 1 is 0.903 bits per heavy atom. The third-order valence-corrected chi connectivity index (χ3v) is 5.71. The van der Waals surface area contributed by atoms with E-state index in [2.05, 4.69) is 39.2 Å². The Morgan fingerprint density at radius 3 is 2.16 bits per heavy atom. The summed E-state index contributed by atoms with van der Waals surface area (Å²) < 4.78 is 0. The first kappa shape index (κ1) is 19.6. The lowest BCUT2D eigenvalue weighted by atomic mass is 9.89. The predicted molar refractivity (Wildman–Crippen MR) is 118 cm³/mol. The number of aromatic amines is 1. The zero-order chi connectivity index (χ0) is 21.0. The van der Waals surface area contributed by atoms with Crippen molar-refractivity contribution in [3.63, 3.8) is 0 Å². The number of aromatic nitrogens is 3. The zero-order valence-corrected chi connectivity index (χ0v) is 17.1. The Labute approximate surface area is 180 Å². The van der Waals surface area contributed by atoms with E-state index < -0.39 is 0 Å². The summed E-state index contributed by atoms with van der Waals surface area (Å²) in [6, 6.07) is 23.9. The van der Waals surface area contributed by atoms with E-state index in [0.717, 1.165) is 22.5 Å². The number of H-pyrrole nitrogens is 1. The van der Waals surface area contributed by atoms with Crippen LogP contribution < -0.4 is 0 Å². The molecule has 0 spiro atoms. The summed E-state index contributed by atoms with van der Waals surface area (Å²) in [6.45, 7) is 0.459. The van der Waals surface area contributed by atoms with Crippen LogP contribution in [0.5, 0.6) is 0 Å². The van der Waals surface area contributed by atoms with Gasteiger partial charge in [-0.25, -0.2) is 9.97 Å². The Morgan fingerprint density at radius 2 is 1.55 bits per heavy atom. The average Bonchev–Trinajstić information content (AvgIpc) is 3.23. The summed E-state index contributed by atoms with van der Waals surface area (Å²) in [5.41, 5.74) is 3.81. The minimum Gasteiger partial charge on any atom is -0.341 e. The number of hydroxylamine groups is 2. The molecule has 31 heavy (non-hydrogen) atoms. The maximum atomic E-state index is 12.7. The molecule has 1 aliphatic heterocycles. The van der Waals surface area contributed by atoms with Crippen LogP contribution in [-0.2, 0) is 16.1 Å². The molecule has 6 heteroatoms. The number of pyridine rings is 1. The maximum absolute atomic E-state index is 12.7. The third kappa shape index (κ3) is 4.26. The number of benzene rings is 2. The molecular weight excluding hydrogens is 388 g/mol. The van der Waals surface area contributed by atoms with Crippen molar-refractivity contribution in [2.24, 2.45) is 0 Å². The van der Waals surface area contributed by atoms with Gasteiger partial charge in [-0.3, -0.25) is 9.63 Å². The van der Waals surface area contributed by atoms with E-state index >= 15 is 0 Å². The molecule has 2 atom stereocenters. The SMILES string of the molecule is O=C1CC(c2ccccc2)N(OCCc2nc3ncccc3[nH]2)C(c2ccccc2)C1. The molecule has 2 aromatic heterocycles. The summed E-state index contributed by atoms with van der Waals surface area (Å²) in [5, 5.41) is 2.02. The van der Waals surface area contributed by atoms with Gasteiger partial charge in [0.15, 0.2) is 5.65 Å². The molecule has 2 aromatic carbocycles. The van der Waals surface area contributed by atoms with Gasteiger partial charge >= 0.3 is 0 Å². The van der Waals surface area contributed by atoms with Gasteiger partial charge < -0.3 is 4.98 Å². The predicted octanol–water partition coefficient (Wildman–Crippen LogP) is 4.58. The van der Waals surface area contributed by atoms with Crippen molar-refractivity contribution >= 4 is 16.9 Å². The minimum absolute atomic E-state index is 0.120. The molecule has 0 saturated carbocycles. The van der Waals surface area contributed by atoms with Crippen LogP contribution in [0.2, 0.25) is 0 Å². The summed E-state index contributed by atoms with van der Waals surface area (Å²) in [4.78, 5) is 31.2. The van der Waals surface area contributed by atoms with E-state index in [1.807, 2.05) is 53.6 Å². The highest BCUT2D eigenvalue weighted by molar-refractivity contribution is 5.81. The molecule has 1 N–H and O–H groups in total. The van der Waals surface area contributed by atoms with Crippen molar-refractivity contribution in [1.82, 2.24) is 20.0 Å².